The second-order valence-electron chi connectivity index (χ2n) is 7.00. The summed E-state index contributed by atoms with van der Waals surface area (Å²) in [5, 5.41) is 4.11. The summed E-state index contributed by atoms with van der Waals surface area (Å²) < 4.78 is 12.5. The van der Waals surface area contributed by atoms with Crippen molar-refractivity contribution in [1.82, 2.24) is 14.5 Å². The van der Waals surface area contributed by atoms with Gasteiger partial charge in [-0.1, -0.05) is 23.1 Å². The molecule has 1 N–H and O–H groups in total. The average molecular weight is 462 g/mol. The largest absolute Gasteiger partial charge is 0.497 e. The lowest BCUT2D eigenvalue weighted by atomic mass is 10.2. The Morgan fingerprint density at radius 2 is 2.00 bits per heavy atom. The van der Waals surface area contributed by atoms with Gasteiger partial charge < -0.3 is 19.7 Å². The molecule has 0 aliphatic carbocycles. The lowest BCUT2D eigenvalue weighted by molar-refractivity contribution is -0.113. The zero-order valence-electron chi connectivity index (χ0n) is 17.5. The number of amides is 1. The molecule has 11 heteroatoms. The maximum atomic E-state index is 12.8. The molecule has 1 aromatic carbocycles. The molecule has 31 heavy (non-hydrogen) atoms. The molecule has 1 saturated heterocycles. The van der Waals surface area contributed by atoms with E-state index in [1.54, 1.807) is 32.4 Å². The number of benzene rings is 1. The Morgan fingerprint density at radius 3 is 2.71 bits per heavy atom. The number of rotatable bonds is 7. The minimum atomic E-state index is -0.237. The topological polar surface area (TPSA) is 98.6 Å². The SMILES string of the molecule is COc1ccc(NC(=O)CSc2nc3nc(N4CCCC4)sc3c(=O)n2C)c(OC)c1. The molecule has 164 valence electrons. The molecule has 0 bridgehead atoms. The highest BCUT2D eigenvalue weighted by atomic mass is 32.2. The number of hydrogen-bond acceptors (Lipinski definition) is 9. The van der Waals surface area contributed by atoms with Gasteiger partial charge in [0.1, 0.15) is 16.2 Å². The third-order valence-electron chi connectivity index (χ3n) is 4.98. The number of nitrogens with zero attached hydrogens (tertiary/aromatic N) is 4. The zero-order valence-corrected chi connectivity index (χ0v) is 19.1. The van der Waals surface area contributed by atoms with Crippen LogP contribution in [0.15, 0.2) is 28.2 Å². The Bertz CT molecular complexity index is 1170. The minimum absolute atomic E-state index is 0.0874. The second kappa shape index (κ2) is 9.15. The first-order chi connectivity index (χ1) is 15.0. The summed E-state index contributed by atoms with van der Waals surface area (Å²) in [6.45, 7) is 1.91. The van der Waals surface area contributed by atoms with Gasteiger partial charge in [-0.2, -0.15) is 4.98 Å². The minimum Gasteiger partial charge on any atom is -0.497 e. The Balaban J connectivity index is 1.49. The van der Waals surface area contributed by atoms with Crippen LogP contribution in [-0.2, 0) is 11.8 Å². The van der Waals surface area contributed by atoms with E-state index >= 15 is 0 Å². The highest BCUT2D eigenvalue weighted by Crippen LogP contribution is 2.31. The first-order valence-corrected chi connectivity index (χ1v) is 11.6. The predicted octanol–water partition coefficient (Wildman–Crippen LogP) is 2.74. The smallest absolute Gasteiger partial charge is 0.273 e. The van der Waals surface area contributed by atoms with Crippen molar-refractivity contribution in [1.29, 1.82) is 0 Å². The number of carbonyl (C=O) groups is 1. The van der Waals surface area contributed by atoms with Crippen molar-refractivity contribution in [3.05, 3.63) is 28.6 Å². The number of aromatic nitrogens is 3. The molecule has 0 saturated carbocycles. The van der Waals surface area contributed by atoms with Gasteiger partial charge in [0.15, 0.2) is 15.9 Å². The molecule has 1 amide bonds. The summed E-state index contributed by atoms with van der Waals surface area (Å²) in [5.41, 5.74) is 0.836. The molecule has 9 nitrogen and oxygen atoms in total. The van der Waals surface area contributed by atoms with Crippen molar-refractivity contribution < 1.29 is 14.3 Å². The Kier molecular flexibility index (Phi) is 6.33. The number of thioether (sulfide) groups is 1. The van der Waals surface area contributed by atoms with Crippen LogP contribution in [0.5, 0.6) is 11.5 Å². The summed E-state index contributed by atoms with van der Waals surface area (Å²) in [6, 6.07) is 5.16. The summed E-state index contributed by atoms with van der Waals surface area (Å²) in [5.74, 6) is 0.984. The molecule has 0 atom stereocenters. The third kappa shape index (κ3) is 4.47. The lowest BCUT2D eigenvalue weighted by Gasteiger charge is -2.12. The molecule has 4 rings (SSSR count). The van der Waals surface area contributed by atoms with Gasteiger partial charge in [-0.3, -0.25) is 14.2 Å². The van der Waals surface area contributed by atoms with Gasteiger partial charge >= 0.3 is 0 Å². The predicted molar refractivity (Wildman–Crippen MR) is 123 cm³/mol. The highest BCUT2D eigenvalue weighted by Gasteiger charge is 2.20. The van der Waals surface area contributed by atoms with Crippen LogP contribution in [-0.4, -0.2) is 53.5 Å². The molecule has 0 unspecified atom stereocenters. The average Bonchev–Trinajstić information content (AvgIpc) is 3.45. The molecule has 0 spiro atoms. The quantitative estimate of drug-likeness (QED) is 0.424. The Hall–Kier alpha value is -2.79. The van der Waals surface area contributed by atoms with Gasteiger partial charge in [0.25, 0.3) is 5.56 Å². The molecule has 2 aromatic heterocycles. The van der Waals surface area contributed by atoms with Crippen molar-refractivity contribution >= 4 is 50.2 Å². The first-order valence-electron chi connectivity index (χ1n) is 9.77. The molecule has 3 aromatic rings. The van der Waals surface area contributed by atoms with Crippen LogP contribution >= 0.6 is 23.1 Å². The lowest BCUT2D eigenvalue weighted by Crippen LogP contribution is -2.21. The molecule has 1 aliphatic rings. The van der Waals surface area contributed by atoms with Crippen LogP contribution < -0.4 is 25.2 Å². The maximum absolute atomic E-state index is 12.8. The maximum Gasteiger partial charge on any atom is 0.273 e. The molecular weight excluding hydrogens is 438 g/mol. The summed E-state index contributed by atoms with van der Waals surface area (Å²) >= 11 is 2.57. The van der Waals surface area contributed by atoms with Gasteiger partial charge in [0.2, 0.25) is 5.91 Å². The number of nitrogens with one attached hydrogen (secondary N) is 1. The van der Waals surface area contributed by atoms with Crippen LogP contribution in [0.1, 0.15) is 12.8 Å². The van der Waals surface area contributed by atoms with Gasteiger partial charge in [-0.15, -0.1) is 0 Å². The van der Waals surface area contributed by atoms with Crippen molar-refractivity contribution in [3.8, 4) is 11.5 Å². The summed E-state index contributed by atoms with van der Waals surface area (Å²) in [4.78, 5) is 36.6. The number of carbonyl (C=O) groups excluding carboxylic acids is 1. The van der Waals surface area contributed by atoms with E-state index < -0.39 is 0 Å². The summed E-state index contributed by atoms with van der Waals surface area (Å²) in [7, 11) is 4.75. The number of hydrogen-bond donors (Lipinski definition) is 1. The number of thiazole rings is 1. The van der Waals surface area contributed by atoms with E-state index in [2.05, 4.69) is 20.2 Å². The zero-order chi connectivity index (χ0) is 22.0. The second-order valence-corrected chi connectivity index (χ2v) is 8.92. The fraction of sp³-hybridized carbons (Fsp3) is 0.400. The molecular formula is C20H23N5O4S2. The van der Waals surface area contributed by atoms with Gasteiger partial charge in [0.05, 0.1) is 25.7 Å². The van der Waals surface area contributed by atoms with Crippen LogP contribution in [0.3, 0.4) is 0 Å². The molecule has 1 fully saturated rings. The van der Waals surface area contributed by atoms with Crippen molar-refractivity contribution in [3.63, 3.8) is 0 Å². The number of fused-ring (bicyclic) bond motifs is 1. The molecule has 1 aliphatic heterocycles. The highest BCUT2D eigenvalue weighted by molar-refractivity contribution is 7.99. The Labute approximate surface area is 187 Å². The van der Waals surface area contributed by atoms with Crippen LogP contribution in [0.2, 0.25) is 0 Å². The van der Waals surface area contributed by atoms with E-state index in [1.165, 1.54) is 34.8 Å². The van der Waals surface area contributed by atoms with Crippen molar-refractivity contribution in [2.75, 3.05) is 43.3 Å². The van der Waals surface area contributed by atoms with E-state index in [-0.39, 0.29) is 17.2 Å². The van der Waals surface area contributed by atoms with Crippen molar-refractivity contribution in [2.24, 2.45) is 7.05 Å². The van der Waals surface area contributed by atoms with E-state index in [1.807, 2.05) is 0 Å². The van der Waals surface area contributed by atoms with Crippen LogP contribution in [0.25, 0.3) is 10.3 Å². The summed E-state index contributed by atoms with van der Waals surface area (Å²) in [6.07, 6.45) is 2.27. The molecule has 0 radical (unpaired) electrons. The van der Waals surface area contributed by atoms with Crippen molar-refractivity contribution in [2.45, 2.75) is 18.0 Å². The van der Waals surface area contributed by atoms with Gasteiger partial charge in [-0.25, -0.2) is 4.98 Å². The number of methoxy groups -OCH3 is 2. The van der Waals surface area contributed by atoms with Gasteiger partial charge in [-0.05, 0) is 25.0 Å². The van der Waals surface area contributed by atoms with Crippen LogP contribution in [0.4, 0.5) is 10.8 Å². The van der Waals surface area contributed by atoms with E-state index in [4.69, 9.17) is 9.47 Å². The first kappa shape index (κ1) is 21.4. The molecule has 3 heterocycles. The fourth-order valence-corrected chi connectivity index (χ4v) is 5.11. The normalized spacial score (nSPS) is 13.6. The van der Waals surface area contributed by atoms with E-state index in [0.29, 0.717) is 32.7 Å². The third-order valence-corrected chi connectivity index (χ3v) is 7.10. The Morgan fingerprint density at radius 1 is 1.23 bits per heavy atom. The van der Waals surface area contributed by atoms with E-state index in [9.17, 15) is 9.59 Å². The number of ether oxygens (including phenoxy) is 2. The number of anilines is 2. The standard InChI is InChI=1S/C20H23N5O4S2/c1-24-18(27)16-17(23-20(31-16)25-8-4-5-9-25)22-19(24)30-11-15(26)21-13-7-6-12(28-2)10-14(13)29-3/h6-7,10H,4-5,8-9,11H2,1-3H3,(H,21,26). The fourth-order valence-electron chi connectivity index (χ4n) is 3.31. The van der Waals surface area contributed by atoms with E-state index in [0.717, 1.165) is 31.1 Å². The van der Waals surface area contributed by atoms with Gasteiger partial charge in [0, 0.05) is 26.2 Å². The monoisotopic (exact) mass is 461 g/mol. The van der Waals surface area contributed by atoms with Crippen LogP contribution in [0, 0.1) is 0 Å².